The fourth-order valence-electron chi connectivity index (χ4n) is 3.17. The zero-order valence-electron chi connectivity index (χ0n) is 15.5. The number of carbonyl (C=O) groups is 2. The Morgan fingerprint density at radius 1 is 1.11 bits per heavy atom. The second kappa shape index (κ2) is 8.03. The van der Waals surface area contributed by atoms with Crippen LogP contribution in [0.15, 0.2) is 48.5 Å². The third kappa shape index (κ3) is 4.34. The molecule has 140 valence electrons. The van der Waals surface area contributed by atoms with E-state index in [4.69, 9.17) is 10.1 Å². The number of carbonyl (C=O) groups excluding carboxylic acids is 1. The summed E-state index contributed by atoms with van der Waals surface area (Å²) in [6, 6.07) is 14.7. The molecule has 0 aliphatic heterocycles. The van der Waals surface area contributed by atoms with Crippen LogP contribution in [-0.2, 0) is 17.6 Å². The Bertz CT molecular complexity index is 958. The summed E-state index contributed by atoms with van der Waals surface area (Å²) in [6.07, 6.45) is 0.872. The summed E-state index contributed by atoms with van der Waals surface area (Å²) < 4.78 is 2.20. The maximum atomic E-state index is 12.2. The van der Waals surface area contributed by atoms with Gasteiger partial charge in [-0.25, -0.2) is 9.78 Å². The van der Waals surface area contributed by atoms with Crippen molar-refractivity contribution in [1.82, 2.24) is 14.9 Å². The van der Waals surface area contributed by atoms with Crippen LogP contribution in [0.25, 0.3) is 11.0 Å². The van der Waals surface area contributed by atoms with Crippen molar-refractivity contribution >= 4 is 22.9 Å². The van der Waals surface area contributed by atoms with E-state index in [9.17, 15) is 9.59 Å². The third-order valence-corrected chi connectivity index (χ3v) is 4.42. The SMILES string of the molecule is CC(C)n1c(CCNC(=O)Cc2ccc(C(=O)O)cc2)nc2ccccc21. The fraction of sp³-hybridized carbons (Fsp3) is 0.286. The van der Waals surface area contributed by atoms with Gasteiger partial charge in [-0.15, -0.1) is 0 Å². The summed E-state index contributed by atoms with van der Waals surface area (Å²) in [4.78, 5) is 27.7. The van der Waals surface area contributed by atoms with E-state index in [0.717, 1.165) is 22.4 Å². The standard InChI is InChI=1S/C21H23N3O3/c1-14(2)24-18-6-4-3-5-17(18)23-19(24)11-12-22-20(25)13-15-7-9-16(10-8-15)21(26)27/h3-10,14H,11-13H2,1-2H3,(H,22,25)(H,26,27). The van der Waals surface area contributed by atoms with Crippen molar-refractivity contribution in [3.05, 3.63) is 65.5 Å². The lowest BCUT2D eigenvalue weighted by atomic mass is 10.1. The van der Waals surface area contributed by atoms with Crippen LogP contribution in [0.4, 0.5) is 0 Å². The van der Waals surface area contributed by atoms with Gasteiger partial charge in [0.2, 0.25) is 5.91 Å². The minimum atomic E-state index is -0.973. The number of fused-ring (bicyclic) bond motifs is 1. The molecule has 0 atom stereocenters. The largest absolute Gasteiger partial charge is 0.478 e. The van der Waals surface area contributed by atoms with E-state index in [1.54, 1.807) is 12.1 Å². The molecule has 0 unspecified atom stereocenters. The third-order valence-electron chi connectivity index (χ3n) is 4.42. The number of nitrogens with one attached hydrogen (secondary N) is 1. The number of amides is 1. The zero-order valence-corrected chi connectivity index (χ0v) is 15.5. The second-order valence-corrected chi connectivity index (χ2v) is 6.76. The Morgan fingerprint density at radius 3 is 2.48 bits per heavy atom. The summed E-state index contributed by atoms with van der Waals surface area (Å²) in [5, 5.41) is 11.8. The van der Waals surface area contributed by atoms with Crippen LogP contribution >= 0.6 is 0 Å². The van der Waals surface area contributed by atoms with Crippen molar-refractivity contribution in [3.8, 4) is 0 Å². The van der Waals surface area contributed by atoms with Gasteiger partial charge < -0.3 is 15.0 Å². The number of carboxylic acids is 1. The molecule has 0 fully saturated rings. The maximum Gasteiger partial charge on any atom is 0.335 e. The number of carboxylic acid groups (broad SMARTS) is 1. The fourth-order valence-corrected chi connectivity index (χ4v) is 3.17. The van der Waals surface area contributed by atoms with Crippen molar-refractivity contribution in [3.63, 3.8) is 0 Å². The van der Waals surface area contributed by atoms with Crippen LogP contribution in [0, 0.1) is 0 Å². The van der Waals surface area contributed by atoms with Gasteiger partial charge >= 0.3 is 5.97 Å². The van der Waals surface area contributed by atoms with Gasteiger partial charge in [-0.05, 0) is 43.7 Å². The van der Waals surface area contributed by atoms with Crippen molar-refractivity contribution < 1.29 is 14.7 Å². The molecule has 1 aromatic heterocycles. The average molecular weight is 365 g/mol. The van der Waals surface area contributed by atoms with Gasteiger partial charge in [0, 0.05) is 19.0 Å². The molecular weight excluding hydrogens is 342 g/mol. The molecule has 0 aliphatic rings. The van der Waals surface area contributed by atoms with E-state index in [2.05, 4.69) is 29.8 Å². The van der Waals surface area contributed by atoms with Crippen molar-refractivity contribution in [2.45, 2.75) is 32.7 Å². The second-order valence-electron chi connectivity index (χ2n) is 6.76. The molecule has 0 saturated carbocycles. The van der Waals surface area contributed by atoms with E-state index < -0.39 is 5.97 Å². The number of hydrogen-bond donors (Lipinski definition) is 2. The summed E-state index contributed by atoms with van der Waals surface area (Å²) in [5.41, 5.74) is 3.07. The van der Waals surface area contributed by atoms with Crippen LogP contribution in [-0.4, -0.2) is 33.1 Å². The van der Waals surface area contributed by atoms with E-state index in [1.807, 2.05) is 18.2 Å². The number of hydrogen-bond acceptors (Lipinski definition) is 3. The molecule has 0 spiro atoms. The highest BCUT2D eigenvalue weighted by atomic mass is 16.4. The predicted molar refractivity (Wildman–Crippen MR) is 104 cm³/mol. The highest BCUT2D eigenvalue weighted by molar-refractivity contribution is 5.87. The summed E-state index contributed by atoms with van der Waals surface area (Å²) in [7, 11) is 0. The minimum Gasteiger partial charge on any atom is -0.478 e. The molecule has 0 aliphatic carbocycles. The summed E-state index contributed by atoms with van der Waals surface area (Å²) in [5.74, 6) is -0.110. The Morgan fingerprint density at radius 2 is 1.81 bits per heavy atom. The first-order valence-corrected chi connectivity index (χ1v) is 9.00. The first-order chi connectivity index (χ1) is 13.0. The predicted octanol–water partition coefficient (Wildman–Crippen LogP) is 3.22. The van der Waals surface area contributed by atoms with Gasteiger partial charge in [0.15, 0.2) is 0 Å². The number of rotatable bonds is 7. The first kappa shape index (κ1) is 18.6. The van der Waals surface area contributed by atoms with Gasteiger partial charge in [-0.1, -0.05) is 24.3 Å². The van der Waals surface area contributed by atoms with E-state index >= 15 is 0 Å². The van der Waals surface area contributed by atoms with Gasteiger partial charge in [-0.3, -0.25) is 4.79 Å². The number of para-hydroxylation sites is 2. The summed E-state index contributed by atoms with van der Waals surface area (Å²) >= 11 is 0. The Hall–Kier alpha value is -3.15. The molecule has 0 saturated heterocycles. The van der Waals surface area contributed by atoms with Gasteiger partial charge in [0.25, 0.3) is 0 Å². The smallest absolute Gasteiger partial charge is 0.335 e. The lowest BCUT2D eigenvalue weighted by Gasteiger charge is -2.13. The lowest BCUT2D eigenvalue weighted by Crippen LogP contribution is -2.28. The molecule has 3 rings (SSSR count). The topological polar surface area (TPSA) is 84.2 Å². The van der Waals surface area contributed by atoms with Crippen molar-refractivity contribution in [2.24, 2.45) is 0 Å². The van der Waals surface area contributed by atoms with Crippen LogP contribution in [0.1, 0.15) is 41.6 Å². The molecule has 0 radical (unpaired) electrons. The molecule has 1 heterocycles. The Labute approximate surface area is 157 Å². The molecule has 2 N–H and O–H groups in total. The van der Waals surface area contributed by atoms with Gasteiger partial charge in [0.1, 0.15) is 5.82 Å². The number of nitrogens with zero attached hydrogens (tertiary/aromatic N) is 2. The van der Waals surface area contributed by atoms with Crippen LogP contribution in [0.2, 0.25) is 0 Å². The lowest BCUT2D eigenvalue weighted by molar-refractivity contribution is -0.120. The van der Waals surface area contributed by atoms with E-state index in [1.165, 1.54) is 12.1 Å². The molecular formula is C21H23N3O3. The zero-order chi connectivity index (χ0) is 19.4. The molecule has 6 heteroatoms. The number of imidazole rings is 1. The molecule has 1 amide bonds. The van der Waals surface area contributed by atoms with Crippen LogP contribution in [0.5, 0.6) is 0 Å². The molecule has 3 aromatic rings. The number of aromatic nitrogens is 2. The normalized spacial score (nSPS) is 11.1. The average Bonchev–Trinajstić information content (AvgIpc) is 3.00. The van der Waals surface area contributed by atoms with E-state index in [0.29, 0.717) is 13.0 Å². The molecule has 6 nitrogen and oxygen atoms in total. The first-order valence-electron chi connectivity index (χ1n) is 9.00. The van der Waals surface area contributed by atoms with Gasteiger partial charge in [0.05, 0.1) is 23.0 Å². The number of benzene rings is 2. The Balaban J connectivity index is 1.59. The van der Waals surface area contributed by atoms with Crippen molar-refractivity contribution in [1.29, 1.82) is 0 Å². The quantitative estimate of drug-likeness (QED) is 0.673. The van der Waals surface area contributed by atoms with E-state index in [-0.39, 0.29) is 23.9 Å². The molecule has 27 heavy (non-hydrogen) atoms. The minimum absolute atomic E-state index is 0.0923. The highest BCUT2D eigenvalue weighted by Crippen LogP contribution is 2.21. The maximum absolute atomic E-state index is 12.2. The number of aromatic carboxylic acids is 1. The molecule has 2 aromatic carbocycles. The Kier molecular flexibility index (Phi) is 5.54. The van der Waals surface area contributed by atoms with Gasteiger partial charge in [-0.2, -0.15) is 0 Å². The molecule has 0 bridgehead atoms. The monoisotopic (exact) mass is 365 g/mol. The van der Waals surface area contributed by atoms with Crippen LogP contribution < -0.4 is 5.32 Å². The summed E-state index contributed by atoms with van der Waals surface area (Å²) in [6.45, 7) is 4.75. The van der Waals surface area contributed by atoms with Crippen LogP contribution in [0.3, 0.4) is 0 Å². The van der Waals surface area contributed by atoms with Crippen molar-refractivity contribution in [2.75, 3.05) is 6.54 Å². The highest BCUT2D eigenvalue weighted by Gasteiger charge is 2.13.